The Morgan fingerprint density at radius 1 is 1.36 bits per heavy atom. The van der Waals surface area contributed by atoms with E-state index in [-0.39, 0.29) is 0 Å². The van der Waals surface area contributed by atoms with Gasteiger partial charge in [0.2, 0.25) is 0 Å². The summed E-state index contributed by atoms with van der Waals surface area (Å²) in [5, 5.41) is 4.11. The standard InChI is InChI=1S/C9H5BrN2S2/c10-6-3-8(14-5-6)7-4-12-1-2-13-9(12)11-7/h1-5H. The van der Waals surface area contributed by atoms with Gasteiger partial charge < -0.3 is 0 Å². The molecule has 0 atom stereocenters. The SMILES string of the molecule is Brc1csc(-c2cn3ccsc3n2)c1. The number of hydrogen-bond acceptors (Lipinski definition) is 3. The molecule has 0 aliphatic rings. The van der Waals surface area contributed by atoms with Gasteiger partial charge in [0.1, 0.15) is 5.69 Å². The Morgan fingerprint density at radius 3 is 3.00 bits per heavy atom. The first-order valence-corrected chi connectivity index (χ1v) is 6.55. The minimum Gasteiger partial charge on any atom is -0.297 e. The number of fused-ring (bicyclic) bond motifs is 1. The van der Waals surface area contributed by atoms with Gasteiger partial charge in [0.25, 0.3) is 0 Å². The molecule has 0 fully saturated rings. The van der Waals surface area contributed by atoms with Crippen LogP contribution in [-0.2, 0) is 0 Å². The molecule has 3 aromatic rings. The van der Waals surface area contributed by atoms with Crippen LogP contribution in [0.3, 0.4) is 0 Å². The van der Waals surface area contributed by atoms with E-state index in [4.69, 9.17) is 0 Å². The molecule has 3 heterocycles. The van der Waals surface area contributed by atoms with Gasteiger partial charge in [-0.2, -0.15) is 0 Å². The molecule has 0 aromatic carbocycles. The van der Waals surface area contributed by atoms with Crippen molar-refractivity contribution in [3.8, 4) is 10.6 Å². The van der Waals surface area contributed by atoms with Crippen LogP contribution in [0.2, 0.25) is 0 Å². The lowest BCUT2D eigenvalue weighted by atomic mass is 10.4. The third-order valence-electron chi connectivity index (χ3n) is 1.91. The van der Waals surface area contributed by atoms with E-state index in [2.05, 4.69) is 38.6 Å². The van der Waals surface area contributed by atoms with Crippen molar-refractivity contribution in [1.29, 1.82) is 0 Å². The summed E-state index contributed by atoms with van der Waals surface area (Å²) in [6.07, 6.45) is 4.09. The second kappa shape index (κ2) is 3.18. The highest BCUT2D eigenvalue weighted by Gasteiger charge is 2.06. The molecule has 0 spiro atoms. The summed E-state index contributed by atoms with van der Waals surface area (Å²) in [5.74, 6) is 0. The van der Waals surface area contributed by atoms with Gasteiger partial charge in [0.15, 0.2) is 4.96 Å². The van der Waals surface area contributed by atoms with E-state index in [0.717, 1.165) is 15.1 Å². The average molecular weight is 285 g/mol. The molecule has 0 saturated carbocycles. The number of hydrogen-bond donors (Lipinski definition) is 0. The molecule has 0 N–H and O–H groups in total. The highest BCUT2D eigenvalue weighted by atomic mass is 79.9. The van der Waals surface area contributed by atoms with Gasteiger partial charge in [-0.1, -0.05) is 0 Å². The first-order chi connectivity index (χ1) is 6.83. The Balaban J connectivity index is 2.18. The van der Waals surface area contributed by atoms with Gasteiger partial charge in [0, 0.05) is 27.6 Å². The number of thiophene rings is 1. The molecule has 0 bridgehead atoms. The number of thiazole rings is 1. The van der Waals surface area contributed by atoms with Crippen molar-refractivity contribution >= 4 is 43.6 Å². The van der Waals surface area contributed by atoms with Crippen LogP contribution in [0.25, 0.3) is 15.5 Å². The molecule has 3 rings (SSSR count). The van der Waals surface area contributed by atoms with Gasteiger partial charge >= 0.3 is 0 Å². The van der Waals surface area contributed by atoms with Crippen molar-refractivity contribution < 1.29 is 0 Å². The summed E-state index contributed by atoms with van der Waals surface area (Å²) in [4.78, 5) is 6.77. The Labute approximate surface area is 97.0 Å². The predicted molar refractivity (Wildman–Crippen MR) is 64.1 cm³/mol. The maximum Gasteiger partial charge on any atom is 0.194 e. The Hall–Kier alpha value is -0.650. The van der Waals surface area contributed by atoms with E-state index in [1.165, 1.54) is 4.88 Å². The minimum absolute atomic E-state index is 1.05. The maximum atomic E-state index is 4.53. The summed E-state index contributed by atoms with van der Waals surface area (Å²) in [7, 11) is 0. The smallest absolute Gasteiger partial charge is 0.194 e. The molecule has 0 amide bonds. The van der Waals surface area contributed by atoms with Crippen LogP contribution in [-0.4, -0.2) is 9.38 Å². The molecule has 2 nitrogen and oxygen atoms in total. The van der Waals surface area contributed by atoms with Crippen LogP contribution in [0.5, 0.6) is 0 Å². The Morgan fingerprint density at radius 2 is 2.29 bits per heavy atom. The lowest BCUT2D eigenvalue weighted by Crippen LogP contribution is -1.68. The van der Waals surface area contributed by atoms with Gasteiger partial charge in [-0.3, -0.25) is 4.40 Å². The van der Waals surface area contributed by atoms with Crippen LogP contribution in [0.4, 0.5) is 0 Å². The molecular weight excluding hydrogens is 280 g/mol. The van der Waals surface area contributed by atoms with E-state index in [0.29, 0.717) is 0 Å². The fourth-order valence-corrected chi connectivity index (χ4v) is 3.38. The molecular formula is C9H5BrN2S2. The number of imidazole rings is 1. The molecule has 0 radical (unpaired) electrons. The van der Waals surface area contributed by atoms with Crippen molar-refractivity contribution in [2.24, 2.45) is 0 Å². The van der Waals surface area contributed by atoms with Crippen LogP contribution in [0, 0.1) is 0 Å². The second-order valence-corrected chi connectivity index (χ2v) is 5.55. The van der Waals surface area contributed by atoms with Crippen molar-refractivity contribution in [2.75, 3.05) is 0 Å². The van der Waals surface area contributed by atoms with Crippen LogP contribution in [0.15, 0.2) is 33.7 Å². The number of nitrogens with zero attached hydrogens (tertiary/aromatic N) is 2. The normalized spacial score (nSPS) is 11.2. The van der Waals surface area contributed by atoms with E-state index < -0.39 is 0 Å². The second-order valence-electron chi connectivity index (χ2n) is 2.85. The lowest BCUT2D eigenvalue weighted by molar-refractivity contribution is 1.23. The molecule has 0 unspecified atom stereocenters. The molecule has 70 valence electrons. The quantitative estimate of drug-likeness (QED) is 0.663. The van der Waals surface area contributed by atoms with Crippen LogP contribution < -0.4 is 0 Å². The molecule has 0 saturated heterocycles. The van der Waals surface area contributed by atoms with Crippen LogP contribution in [0.1, 0.15) is 0 Å². The van der Waals surface area contributed by atoms with E-state index >= 15 is 0 Å². The highest BCUT2D eigenvalue weighted by Crippen LogP contribution is 2.29. The topological polar surface area (TPSA) is 17.3 Å². The summed E-state index contributed by atoms with van der Waals surface area (Å²) in [5.41, 5.74) is 1.05. The van der Waals surface area contributed by atoms with Crippen molar-refractivity contribution in [2.45, 2.75) is 0 Å². The van der Waals surface area contributed by atoms with Gasteiger partial charge in [-0.05, 0) is 22.0 Å². The third kappa shape index (κ3) is 1.32. The maximum absolute atomic E-state index is 4.53. The number of rotatable bonds is 1. The van der Waals surface area contributed by atoms with Gasteiger partial charge in [-0.15, -0.1) is 22.7 Å². The molecule has 5 heteroatoms. The highest BCUT2D eigenvalue weighted by molar-refractivity contribution is 9.10. The Bertz CT molecular complexity index is 550. The zero-order valence-corrected chi connectivity index (χ0v) is 10.2. The van der Waals surface area contributed by atoms with Gasteiger partial charge in [0.05, 0.1) is 4.88 Å². The molecule has 14 heavy (non-hydrogen) atoms. The zero-order valence-electron chi connectivity index (χ0n) is 6.98. The van der Waals surface area contributed by atoms with Gasteiger partial charge in [-0.25, -0.2) is 4.98 Å². The summed E-state index contributed by atoms with van der Waals surface area (Å²) >= 11 is 6.80. The van der Waals surface area contributed by atoms with E-state index in [9.17, 15) is 0 Å². The fraction of sp³-hybridized carbons (Fsp3) is 0. The van der Waals surface area contributed by atoms with Crippen molar-refractivity contribution in [1.82, 2.24) is 9.38 Å². The fourth-order valence-electron chi connectivity index (χ4n) is 1.29. The summed E-state index contributed by atoms with van der Waals surface area (Å²) in [6.45, 7) is 0. The minimum atomic E-state index is 1.05. The number of halogens is 1. The van der Waals surface area contributed by atoms with Crippen molar-refractivity contribution in [3.63, 3.8) is 0 Å². The van der Waals surface area contributed by atoms with E-state index in [1.807, 2.05) is 16.0 Å². The molecule has 3 aromatic heterocycles. The first-order valence-electron chi connectivity index (χ1n) is 3.99. The summed E-state index contributed by atoms with van der Waals surface area (Å²) < 4.78 is 3.17. The zero-order chi connectivity index (χ0) is 9.54. The van der Waals surface area contributed by atoms with Crippen molar-refractivity contribution in [3.05, 3.63) is 33.7 Å². The first kappa shape index (κ1) is 8.64. The predicted octanol–water partition coefficient (Wildman–Crippen LogP) is 3.89. The summed E-state index contributed by atoms with van der Waals surface area (Å²) in [6, 6.07) is 2.09. The lowest BCUT2D eigenvalue weighted by Gasteiger charge is -1.85. The number of aromatic nitrogens is 2. The third-order valence-corrected chi connectivity index (χ3v) is 4.40. The Kier molecular flexibility index (Phi) is 1.97. The monoisotopic (exact) mass is 284 g/mol. The van der Waals surface area contributed by atoms with E-state index in [1.54, 1.807) is 22.7 Å². The molecule has 0 aliphatic carbocycles. The van der Waals surface area contributed by atoms with Crippen LogP contribution >= 0.6 is 38.6 Å². The average Bonchev–Trinajstić information content (AvgIpc) is 2.75. The largest absolute Gasteiger partial charge is 0.297 e. The molecule has 0 aliphatic heterocycles.